The number of anilines is 1. The quantitative estimate of drug-likeness (QED) is 0.616. The van der Waals surface area contributed by atoms with E-state index in [1.807, 2.05) is 36.4 Å². The number of allylic oxidation sites excluding steroid dienone is 4. The van der Waals surface area contributed by atoms with Crippen molar-refractivity contribution in [3.05, 3.63) is 77.5 Å². The zero-order valence-corrected chi connectivity index (χ0v) is 19.1. The van der Waals surface area contributed by atoms with Gasteiger partial charge in [-0.3, -0.25) is 24.1 Å². The molecule has 9 heteroatoms. The van der Waals surface area contributed by atoms with Crippen molar-refractivity contribution in [2.24, 2.45) is 5.92 Å². The van der Waals surface area contributed by atoms with E-state index in [2.05, 4.69) is 4.90 Å². The summed E-state index contributed by atoms with van der Waals surface area (Å²) in [7, 11) is 0. The van der Waals surface area contributed by atoms with Crippen molar-refractivity contribution in [1.29, 1.82) is 0 Å². The minimum absolute atomic E-state index is 0.115. The molecular weight excluding hydrogens is 454 g/mol. The fraction of sp³-hybridized carbons (Fsp3) is 0.280. The van der Waals surface area contributed by atoms with Crippen LogP contribution in [0.4, 0.5) is 10.5 Å². The Morgan fingerprint density at radius 3 is 2.53 bits per heavy atom. The maximum Gasteiger partial charge on any atom is 0.294 e. The fourth-order valence-corrected chi connectivity index (χ4v) is 5.16. The number of carbonyl (C=O) groups excluding carboxylic acids is 4. The summed E-state index contributed by atoms with van der Waals surface area (Å²) in [5, 5.41) is -0.518. The maximum absolute atomic E-state index is 12.9. The molecule has 174 valence electrons. The molecule has 2 saturated heterocycles. The van der Waals surface area contributed by atoms with E-state index >= 15 is 0 Å². The second-order valence-corrected chi connectivity index (χ2v) is 9.30. The van der Waals surface area contributed by atoms with Gasteiger partial charge in [-0.15, -0.1) is 0 Å². The summed E-state index contributed by atoms with van der Waals surface area (Å²) in [4.78, 5) is 55.9. The first-order valence-electron chi connectivity index (χ1n) is 11.1. The zero-order valence-electron chi connectivity index (χ0n) is 18.3. The van der Waals surface area contributed by atoms with Gasteiger partial charge in [-0.1, -0.05) is 36.4 Å². The number of rotatable bonds is 4. The van der Waals surface area contributed by atoms with Crippen molar-refractivity contribution in [3.8, 4) is 0 Å². The van der Waals surface area contributed by atoms with Crippen molar-refractivity contribution in [1.82, 2.24) is 9.80 Å². The molecule has 2 fully saturated rings. The summed E-state index contributed by atoms with van der Waals surface area (Å²) in [5.74, 6) is -1.46. The van der Waals surface area contributed by atoms with Crippen LogP contribution >= 0.6 is 11.8 Å². The highest BCUT2D eigenvalue weighted by Gasteiger charge is 2.39. The monoisotopic (exact) mass is 477 g/mol. The van der Waals surface area contributed by atoms with Crippen molar-refractivity contribution in [3.63, 3.8) is 0 Å². The molecule has 3 heterocycles. The summed E-state index contributed by atoms with van der Waals surface area (Å²) in [5.41, 5.74) is 1.34. The van der Waals surface area contributed by atoms with E-state index in [1.54, 1.807) is 23.1 Å². The van der Waals surface area contributed by atoms with Crippen LogP contribution in [0.5, 0.6) is 0 Å². The maximum atomic E-state index is 12.9. The zero-order chi connectivity index (χ0) is 23.7. The van der Waals surface area contributed by atoms with Crippen LogP contribution in [-0.4, -0.2) is 71.5 Å². The number of ketones is 1. The molecule has 3 amide bonds. The summed E-state index contributed by atoms with van der Waals surface area (Å²) in [6, 6.07) is 9.98. The average Bonchev–Trinajstić information content (AvgIpc) is 3.13. The number of imide groups is 1. The Hall–Kier alpha value is -3.59. The normalized spacial score (nSPS) is 25.5. The molecule has 34 heavy (non-hydrogen) atoms. The number of benzene rings is 1. The second-order valence-electron chi connectivity index (χ2n) is 8.30. The first kappa shape index (κ1) is 22.2. The van der Waals surface area contributed by atoms with Gasteiger partial charge in [0.05, 0.1) is 22.7 Å². The largest absolute Gasteiger partial charge is 0.492 e. The van der Waals surface area contributed by atoms with E-state index < -0.39 is 17.1 Å². The van der Waals surface area contributed by atoms with Crippen LogP contribution < -0.4 is 4.90 Å². The van der Waals surface area contributed by atoms with Gasteiger partial charge in [0.1, 0.15) is 12.6 Å². The molecule has 8 nitrogen and oxygen atoms in total. The minimum atomic E-state index is -0.568. The Balaban J connectivity index is 1.21. The van der Waals surface area contributed by atoms with Crippen molar-refractivity contribution in [2.45, 2.75) is 6.10 Å². The lowest BCUT2D eigenvalue weighted by Crippen LogP contribution is -2.51. The molecule has 0 saturated carbocycles. The molecule has 0 bridgehead atoms. The van der Waals surface area contributed by atoms with Crippen LogP contribution in [0, 0.1) is 5.92 Å². The first-order valence-corrected chi connectivity index (χ1v) is 11.9. The van der Waals surface area contributed by atoms with Crippen LogP contribution in [0.1, 0.15) is 0 Å². The summed E-state index contributed by atoms with van der Waals surface area (Å²) in [6.45, 7) is 2.08. The standard InChI is InChI=1S/C25H23N3O5S/c29-22(27-12-10-26(11-13-27)18-6-2-1-3-7-18)15-28-24(31)21(34-25(28)32)14-17-16-33-20-9-5-4-8-19(20)23(17)30/h1-9,14,16,19-20H,10-13,15H2/b21-14+. The van der Waals surface area contributed by atoms with Gasteiger partial charge in [0.15, 0.2) is 5.78 Å². The number of hydrogen-bond acceptors (Lipinski definition) is 7. The number of ether oxygens (including phenoxy) is 1. The average molecular weight is 478 g/mol. The topological polar surface area (TPSA) is 87.2 Å². The Labute approximate surface area is 201 Å². The minimum Gasteiger partial charge on any atom is -0.492 e. The van der Waals surface area contributed by atoms with E-state index in [0.29, 0.717) is 26.2 Å². The van der Waals surface area contributed by atoms with Crippen LogP contribution in [-0.2, 0) is 19.1 Å². The lowest BCUT2D eigenvalue weighted by Gasteiger charge is -2.36. The lowest BCUT2D eigenvalue weighted by molar-refractivity contribution is -0.136. The Morgan fingerprint density at radius 1 is 1.03 bits per heavy atom. The van der Waals surface area contributed by atoms with Gasteiger partial charge < -0.3 is 14.5 Å². The molecule has 1 aromatic rings. The number of piperazine rings is 1. The van der Waals surface area contributed by atoms with E-state index in [0.717, 1.165) is 22.3 Å². The lowest BCUT2D eigenvalue weighted by atomic mass is 9.88. The number of hydrogen-bond donors (Lipinski definition) is 0. The van der Waals surface area contributed by atoms with Gasteiger partial charge in [0, 0.05) is 31.9 Å². The predicted octanol–water partition coefficient (Wildman–Crippen LogP) is 2.51. The van der Waals surface area contributed by atoms with Gasteiger partial charge in [-0.25, -0.2) is 0 Å². The molecule has 5 rings (SSSR count). The van der Waals surface area contributed by atoms with Crippen molar-refractivity contribution >= 4 is 40.3 Å². The third-order valence-electron chi connectivity index (χ3n) is 6.23. The van der Waals surface area contributed by atoms with Crippen molar-refractivity contribution < 1.29 is 23.9 Å². The molecule has 0 N–H and O–H groups in total. The number of amides is 3. The molecule has 1 aliphatic carbocycles. The van der Waals surface area contributed by atoms with Gasteiger partial charge in [-0.05, 0) is 36.0 Å². The highest BCUT2D eigenvalue weighted by molar-refractivity contribution is 8.18. The smallest absolute Gasteiger partial charge is 0.294 e. The molecule has 3 aliphatic heterocycles. The second kappa shape index (κ2) is 9.34. The molecule has 0 radical (unpaired) electrons. The molecule has 0 spiro atoms. The van der Waals surface area contributed by atoms with Crippen LogP contribution in [0.3, 0.4) is 0 Å². The number of nitrogens with zero attached hydrogens (tertiary/aromatic N) is 3. The van der Waals surface area contributed by atoms with Gasteiger partial charge in [-0.2, -0.15) is 0 Å². The van der Waals surface area contributed by atoms with E-state index in [4.69, 9.17) is 4.74 Å². The number of para-hydroxylation sites is 1. The molecule has 4 aliphatic rings. The molecule has 1 aromatic carbocycles. The predicted molar refractivity (Wildman–Crippen MR) is 128 cm³/mol. The van der Waals surface area contributed by atoms with Crippen molar-refractivity contribution in [2.75, 3.05) is 37.6 Å². The molecule has 2 atom stereocenters. The van der Waals surface area contributed by atoms with E-state index in [9.17, 15) is 19.2 Å². The fourth-order valence-electron chi connectivity index (χ4n) is 4.33. The summed E-state index contributed by atoms with van der Waals surface area (Å²) >= 11 is 0.732. The number of carbonyl (C=O) groups is 4. The summed E-state index contributed by atoms with van der Waals surface area (Å²) < 4.78 is 5.60. The summed E-state index contributed by atoms with van der Waals surface area (Å²) in [6.07, 6.45) is 9.52. The Morgan fingerprint density at radius 2 is 1.76 bits per heavy atom. The molecule has 0 aromatic heterocycles. The van der Waals surface area contributed by atoms with Crippen LogP contribution in [0.25, 0.3) is 0 Å². The number of Topliss-reactive ketones (excluding diaryl/α,β-unsaturated/α-hetero) is 1. The van der Waals surface area contributed by atoms with E-state index in [-0.39, 0.29) is 34.8 Å². The Kier molecular flexibility index (Phi) is 6.10. The molecule has 2 unspecified atom stereocenters. The van der Waals surface area contributed by atoms with Gasteiger partial charge in [0.25, 0.3) is 11.1 Å². The number of fused-ring (bicyclic) bond motifs is 1. The first-order chi connectivity index (χ1) is 16.5. The SMILES string of the molecule is O=C1C(/C=C2/SC(=O)N(CC(=O)N3CCN(c4ccccc4)CC3)C2=O)=COC2C=CC=CC12. The number of thioether (sulfide) groups is 1. The third-order valence-corrected chi connectivity index (χ3v) is 7.14. The highest BCUT2D eigenvalue weighted by Crippen LogP contribution is 2.34. The van der Waals surface area contributed by atoms with Crippen LogP contribution in [0.15, 0.2) is 77.5 Å². The van der Waals surface area contributed by atoms with Gasteiger partial charge in [0.2, 0.25) is 5.91 Å². The highest BCUT2D eigenvalue weighted by atomic mass is 32.2. The van der Waals surface area contributed by atoms with E-state index in [1.165, 1.54) is 12.3 Å². The molecular formula is C25H23N3O5S. The van der Waals surface area contributed by atoms with Crippen LogP contribution in [0.2, 0.25) is 0 Å². The Bertz CT molecular complexity index is 1150. The van der Waals surface area contributed by atoms with Gasteiger partial charge >= 0.3 is 0 Å². The third kappa shape index (κ3) is 4.31.